The third kappa shape index (κ3) is 6.82. The van der Waals surface area contributed by atoms with Gasteiger partial charge in [0.2, 0.25) is 6.41 Å². The van der Waals surface area contributed by atoms with Crippen LogP contribution in [0.4, 0.5) is 4.79 Å². The van der Waals surface area contributed by atoms with Crippen LogP contribution in [0.5, 0.6) is 11.5 Å². The van der Waals surface area contributed by atoms with Crippen molar-refractivity contribution in [3.8, 4) is 11.5 Å². The fourth-order valence-electron chi connectivity index (χ4n) is 6.35. The first-order chi connectivity index (χ1) is 21.5. The van der Waals surface area contributed by atoms with Crippen molar-refractivity contribution in [2.45, 2.75) is 70.2 Å². The van der Waals surface area contributed by atoms with Gasteiger partial charge in [0.15, 0.2) is 5.60 Å². The largest absolute Gasteiger partial charge is 0.495 e. The van der Waals surface area contributed by atoms with Crippen LogP contribution in [0.1, 0.15) is 70.1 Å². The Kier molecular flexibility index (Phi) is 10.8. The number of amides is 2. The molecule has 3 aromatic rings. The van der Waals surface area contributed by atoms with Gasteiger partial charge in [0.1, 0.15) is 22.7 Å². The Hall–Kier alpha value is -3.63. The van der Waals surface area contributed by atoms with E-state index in [-0.39, 0.29) is 12.0 Å². The summed E-state index contributed by atoms with van der Waals surface area (Å²) in [5.41, 5.74) is 0.201. The number of carbonyl (C=O) groups is 2. The molecule has 0 bridgehead atoms. The Morgan fingerprint density at radius 3 is 2.27 bits per heavy atom. The van der Waals surface area contributed by atoms with Gasteiger partial charge in [0.25, 0.3) is 0 Å². The highest BCUT2D eigenvalue weighted by atomic mass is 79.9. The molecule has 0 unspecified atom stereocenters. The molecule has 10 heteroatoms. The molecule has 1 aromatic heterocycles. The molecule has 9 nitrogen and oxygen atoms in total. The number of aromatic nitrogens is 1. The fourth-order valence-corrected chi connectivity index (χ4v) is 6.62. The quantitative estimate of drug-likeness (QED) is 0.309. The highest BCUT2D eigenvalue weighted by Gasteiger charge is 2.69. The molecule has 3 atom stereocenters. The minimum absolute atomic E-state index is 0.00279. The van der Waals surface area contributed by atoms with Crippen LogP contribution in [0, 0.1) is 0 Å². The Labute approximate surface area is 274 Å². The zero-order valence-electron chi connectivity index (χ0n) is 27.0. The predicted octanol–water partition coefficient (Wildman–Crippen LogP) is 6.63. The summed E-state index contributed by atoms with van der Waals surface area (Å²) in [5, 5.41) is 12.2. The molecule has 1 aliphatic carbocycles. The molecule has 0 radical (unpaired) electrons. The van der Waals surface area contributed by atoms with Gasteiger partial charge in [-0.3, -0.25) is 9.78 Å². The van der Waals surface area contributed by atoms with Crippen molar-refractivity contribution < 1.29 is 28.9 Å². The standard InChI is InChI=1S/C23H20BrNO3.C10H18N2O3.C2H6/c1-27-19-13-25-14-20-21(19)22(26)12-11-18(15-5-3-2-4-6-15)23(22,28-20)16-7-9-17(24)10-8-16;1-10(2,3)15-9(14)12-6-4-11(8-13)5-7-12;1-2/h2-10,13-14,18,26H,11-12H2,1H3;8H,4-7H2,1-3H3;1-2H3/t18-,22+,23-;;/m0../s1. The van der Waals surface area contributed by atoms with Gasteiger partial charge in [-0.05, 0) is 56.9 Å². The van der Waals surface area contributed by atoms with Gasteiger partial charge in [0, 0.05) is 36.6 Å². The van der Waals surface area contributed by atoms with Crippen LogP contribution in [0.15, 0.2) is 71.5 Å². The lowest BCUT2D eigenvalue weighted by Crippen LogP contribution is -2.49. The molecule has 3 aliphatic rings. The lowest BCUT2D eigenvalue weighted by Gasteiger charge is -2.40. The minimum Gasteiger partial charge on any atom is -0.495 e. The molecule has 2 fully saturated rings. The fraction of sp³-hybridized carbons (Fsp3) is 0.457. The maximum Gasteiger partial charge on any atom is 0.410 e. The number of rotatable bonds is 4. The lowest BCUT2D eigenvalue weighted by molar-refractivity contribution is -0.119. The SMILES string of the molecule is CC.CC(C)(C)OC(=O)N1CCN(C=O)CC1.COc1cncc2c1[C@]1(O)CC[C@@H](c3ccccc3)[C@]1(c1ccc(Br)cc1)O2. The van der Waals surface area contributed by atoms with Crippen molar-refractivity contribution >= 4 is 28.4 Å². The van der Waals surface area contributed by atoms with Crippen LogP contribution >= 0.6 is 15.9 Å². The van der Waals surface area contributed by atoms with Gasteiger partial charge < -0.3 is 29.1 Å². The van der Waals surface area contributed by atoms with Gasteiger partial charge in [-0.15, -0.1) is 0 Å². The van der Waals surface area contributed by atoms with Crippen LogP contribution in [-0.4, -0.2) is 71.3 Å². The molecule has 2 amide bonds. The van der Waals surface area contributed by atoms with E-state index in [0.717, 1.165) is 28.4 Å². The first-order valence-electron chi connectivity index (χ1n) is 15.4. The van der Waals surface area contributed by atoms with E-state index in [1.165, 1.54) is 0 Å². The second kappa shape index (κ2) is 14.2. The van der Waals surface area contributed by atoms with E-state index in [4.69, 9.17) is 14.2 Å². The number of methoxy groups -OCH3 is 1. The molecule has 2 aromatic carbocycles. The molecule has 0 spiro atoms. The van der Waals surface area contributed by atoms with Crippen molar-refractivity contribution in [3.05, 3.63) is 88.2 Å². The van der Waals surface area contributed by atoms with Crippen molar-refractivity contribution in [3.63, 3.8) is 0 Å². The molecule has 1 saturated carbocycles. The number of hydrogen-bond acceptors (Lipinski definition) is 7. The van der Waals surface area contributed by atoms with Gasteiger partial charge in [-0.1, -0.05) is 72.2 Å². The average molecular weight is 683 g/mol. The summed E-state index contributed by atoms with van der Waals surface area (Å²) in [6.45, 7) is 11.8. The third-order valence-electron chi connectivity index (χ3n) is 8.27. The van der Waals surface area contributed by atoms with E-state index in [1.807, 2.05) is 77.1 Å². The summed E-state index contributed by atoms with van der Waals surface area (Å²) in [6, 6.07) is 18.3. The maximum absolute atomic E-state index is 12.2. The maximum atomic E-state index is 12.2. The summed E-state index contributed by atoms with van der Waals surface area (Å²) in [5.74, 6) is 1.15. The van der Waals surface area contributed by atoms with Crippen LogP contribution < -0.4 is 9.47 Å². The Bertz CT molecular complexity index is 1440. The number of nitrogens with zero attached hydrogens (tertiary/aromatic N) is 3. The molecule has 1 saturated heterocycles. The normalized spacial score (nSPS) is 23.2. The van der Waals surface area contributed by atoms with Crippen molar-refractivity contribution in [2.24, 2.45) is 0 Å². The Balaban J connectivity index is 0.000000231. The second-order valence-electron chi connectivity index (χ2n) is 12.0. The number of pyridine rings is 1. The number of halogens is 1. The molecule has 45 heavy (non-hydrogen) atoms. The topological polar surface area (TPSA) is 101 Å². The number of hydrogen-bond donors (Lipinski definition) is 1. The number of ether oxygens (including phenoxy) is 3. The first-order valence-corrected chi connectivity index (χ1v) is 16.2. The minimum atomic E-state index is -1.20. The van der Waals surface area contributed by atoms with Crippen LogP contribution in [-0.2, 0) is 20.7 Å². The summed E-state index contributed by atoms with van der Waals surface area (Å²) in [7, 11) is 1.60. The smallest absolute Gasteiger partial charge is 0.410 e. The summed E-state index contributed by atoms with van der Waals surface area (Å²) in [6.07, 6.45) is 5.22. The zero-order chi connectivity index (χ0) is 32.8. The zero-order valence-corrected chi connectivity index (χ0v) is 28.5. The highest BCUT2D eigenvalue weighted by Crippen LogP contribution is 2.67. The van der Waals surface area contributed by atoms with Crippen LogP contribution in [0.3, 0.4) is 0 Å². The Morgan fingerprint density at radius 2 is 1.69 bits per heavy atom. The van der Waals surface area contributed by atoms with Crippen LogP contribution in [0.2, 0.25) is 0 Å². The molecular formula is C35H44BrN3O6. The monoisotopic (exact) mass is 681 g/mol. The number of piperazine rings is 1. The molecule has 242 valence electrons. The van der Waals surface area contributed by atoms with E-state index in [0.29, 0.717) is 49.7 Å². The number of benzene rings is 2. The van der Waals surface area contributed by atoms with Crippen molar-refractivity contribution in [1.29, 1.82) is 0 Å². The van der Waals surface area contributed by atoms with E-state index < -0.39 is 16.8 Å². The highest BCUT2D eigenvalue weighted by molar-refractivity contribution is 9.10. The molecule has 6 rings (SSSR count). The van der Waals surface area contributed by atoms with Crippen LogP contribution in [0.25, 0.3) is 0 Å². The second-order valence-corrected chi connectivity index (χ2v) is 12.9. The Morgan fingerprint density at radius 1 is 1.04 bits per heavy atom. The average Bonchev–Trinajstić information content (AvgIpc) is 3.49. The van der Waals surface area contributed by atoms with Gasteiger partial charge in [-0.25, -0.2) is 4.79 Å². The predicted molar refractivity (Wildman–Crippen MR) is 176 cm³/mol. The van der Waals surface area contributed by atoms with E-state index in [9.17, 15) is 14.7 Å². The number of carbonyl (C=O) groups excluding carboxylic acids is 2. The number of aliphatic hydroxyl groups is 1. The summed E-state index contributed by atoms with van der Waals surface area (Å²) < 4.78 is 18.4. The summed E-state index contributed by atoms with van der Waals surface area (Å²) in [4.78, 5) is 29.6. The van der Waals surface area contributed by atoms with E-state index in [2.05, 4.69) is 33.0 Å². The third-order valence-corrected chi connectivity index (χ3v) is 8.80. The summed E-state index contributed by atoms with van der Waals surface area (Å²) >= 11 is 3.52. The van der Waals surface area contributed by atoms with Gasteiger partial charge in [0.05, 0.1) is 25.1 Å². The lowest BCUT2D eigenvalue weighted by atomic mass is 9.72. The van der Waals surface area contributed by atoms with Crippen molar-refractivity contribution in [2.75, 3.05) is 33.3 Å². The van der Waals surface area contributed by atoms with Gasteiger partial charge >= 0.3 is 6.09 Å². The number of fused-ring (bicyclic) bond motifs is 3. The molecule has 1 N–H and O–H groups in total. The van der Waals surface area contributed by atoms with E-state index >= 15 is 0 Å². The van der Waals surface area contributed by atoms with E-state index in [1.54, 1.807) is 29.3 Å². The molecule has 3 heterocycles. The van der Waals surface area contributed by atoms with Gasteiger partial charge in [-0.2, -0.15) is 0 Å². The molecule has 2 aliphatic heterocycles. The molecular weight excluding hydrogens is 638 g/mol. The first kappa shape index (κ1) is 34.2. The van der Waals surface area contributed by atoms with Crippen molar-refractivity contribution in [1.82, 2.24) is 14.8 Å².